The summed E-state index contributed by atoms with van der Waals surface area (Å²) < 4.78 is 5.20. The molecule has 0 aliphatic carbocycles. The fourth-order valence-corrected chi connectivity index (χ4v) is 2.12. The second-order valence-corrected chi connectivity index (χ2v) is 6.24. The highest BCUT2D eigenvalue weighted by Crippen LogP contribution is 2.26. The number of nitrogens with two attached hydrogens (primary N) is 1. The Bertz CT molecular complexity index is 467. The molecule has 1 aromatic rings. The van der Waals surface area contributed by atoms with Crippen molar-refractivity contribution >= 4 is 17.3 Å². The summed E-state index contributed by atoms with van der Waals surface area (Å²) in [5, 5.41) is 2.83. The van der Waals surface area contributed by atoms with Crippen LogP contribution in [0.2, 0.25) is 0 Å². The molecule has 5 heteroatoms. The second kappa shape index (κ2) is 6.61. The lowest BCUT2D eigenvalue weighted by Crippen LogP contribution is -2.35. The van der Waals surface area contributed by atoms with Gasteiger partial charge in [0.1, 0.15) is 5.75 Å². The third kappa shape index (κ3) is 5.48. The molecule has 0 fully saturated rings. The van der Waals surface area contributed by atoms with Gasteiger partial charge in [0.05, 0.1) is 19.3 Å². The largest absolute Gasteiger partial charge is 0.495 e. The maximum absolute atomic E-state index is 12.0. The first-order valence-corrected chi connectivity index (χ1v) is 6.63. The molecule has 0 aliphatic heterocycles. The fraction of sp³-hybridized carbons (Fsp3) is 0.533. The highest BCUT2D eigenvalue weighted by molar-refractivity contribution is 5.94. The minimum Gasteiger partial charge on any atom is -0.495 e. The summed E-state index contributed by atoms with van der Waals surface area (Å²) >= 11 is 0. The number of carbonyl (C=O) groups excluding carboxylic acids is 1. The minimum atomic E-state index is -0.0827. The maximum Gasteiger partial charge on any atom is 0.238 e. The van der Waals surface area contributed by atoms with E-state index in [4.69, 9.17) is 10.5 Å². The van der Waals surface area contributed by atoms with Crippen LogP contribution in [0.4, 0.5) is 11.4 Å². The molecule has 5 nitrogen and oxygen atoms in total. The van der Waals surface area contributed by atoms with Crippen LogP contribution in [0, 0.1) is 5.41 Å². The van der Waals surface area contributed by atoms with Crippen molar-refractivity contribution in [3.05, 3.63) is 18.2 Å². The first-order valence-electron chi connectivity index (χ1n) is 6.63. The molecule has 1 rings (SSSR count). The highest BCUT2D eigenvalue weighted by Gasteiger charge is 2.16. The van der Waals surface area contributed by atoms with Crippen LogP contribution in [0.15, 0.2) is 18.2 Å². The van der Waals surface area contributed by atoms with Gasteiger partial charge in [-0.15, -0.1) is 0 Å². The zero-order chi connectivity index (χ0) is 15.3. The van der Waals surface area contributed by atoms with Crippen molar-refractivity contribution in [3.63, 3.8) is 0 Å². The van der Waals surface area contributed by atoms with Crippen LogP contribution in [-0.4, -0.2) is 38.1 Å². The number of hydrogen-bond acceptors (Lipinski definition) is 4. The van der Waals surface area contributed by atoms with E-state index in [1.54, 1.807) is 25.3 Å². The van der Waals surface area contributed by atoms with E-state index in [9.17, 15) is 4.79 Å². The van der Waals surface area contributed by atoms with Gasteiger partial charge in [-0.2, -0.15) is 0 Å². The Balaban J connectivity index is 2.65. The zero-order valence-electron chi connectivity index (χ0n) is 13.0. The highest BCUT2D eigenvalue weighted by atomic mass is 16.5. The van der Waals surface area contributed by atoms with Gasteiger partial charge in [-0.25, -0.2) is 0 Å². The lowest BCUT2D eigenvalue weighted by atomic mass is 9.96. The van der Waals surface area contributed by atoms with E-state index in [0.717, 1.165) is 6.54 Å². The normalized spacial score (nSPS) is 11.5. The van der Waals surface area contributed by atoms with Gasteiger partial charge in [-0.3, -0.25) is 9.69 Å². The number of nitrogens with one attached hydrogen (secondary N) is 1. The Labute approximate surface area is 121 Å². The van der Waals surface area contributed by atoms with Gasteiger partial charge in [0, 0.05) is 12.2 Å². The SMILES string of the molecule is COc1ccc(N)cc1NC(=O)CN(C)CC(C)(C)C. The molecule has 0 aromatic heterocycles. The van der Waals surface area contributed by atoms with Crippen LogP contribution >= 0.6 is 0 Å². The second-order valence-electron chi connectivity index (χ2n) is 6.24. The number of nitrogens with zero attached hydrogens (tertiary/aromatic N) is 1. The molecular weight excluding hydrogens is 254 g/mol. The monoisotopic (exact) mass is 279 g/mol. The molecule has 0 saturated heterocycles. The molecule has 20 heavy (non-hydrogen) atoms. The molecule has 1 aromatic carbocycles. The Morgan fingerprint density at radius 3 is 2.60 bits per heavy atom. The minimum absolute atomic E-state index is 0.0827. The summed E-state index contributed by atoms with van der Waals surface area (Å²) in [6.07, 6.45) is 0. The number of carbonyl (C=O) groups is 1. The summed E-state index contributed by atoms with van der Waals surface area (Å²) in [5.74, 6) is 0.520. The van der Waals surface area contributed by atoms with E-state index in [1.807, 2.05) is 11.9 Å². The molecule has 0 unspecified atom stereocenters. The fourth-order valence-electron chi connectivity index (χ4n) is 2.12. The average Bonchev–Trinajstić information content (AvgIpc) is 2.26. The topological polar surface area (TPSA) is 67.6 Å². The molecule has 0 radical (unpaired) electrons. The first kappa shape index (κ1) is 16.3. The number of rotatable bonds is 5. The lowest BCUT2D eigenvalue weighted by molar-refractivity contribution is -0.117. The molecule has 112 valence electrons. The summed E-state index contributed by atoms with van der Waals surface area (Å²) in [6.45, 7) is 7.59. The summed E-state index contributed by atoms with van der Waals surface area (Å²) in [6, 6.07) is 5.17. The van der Waals surface area contributed by atoms with Crippen LogP contribution in [0.5, 0.6) is 5.75 Å². The number of benzene rings is 1. The van der Waals surface area contributed by atoms with Gasteiger partial charge in [-0.1, -0.05) is 20.8 Å². The van der Waals surface area contributed by atoms with Crippen molar-refractivity contribution in [2.24, 2.45) is 5.41 Å². The van der Waals surface area contributed by atoms with E-state index in [2.05, 4.69) is 26.1 Å². The van der Waals surface area contributed by atoms with Gasteiger partial charge < -0.3 is 15.8 Å². The summed E-state index contributed by atoms with van der Waals surface area (Å²) in [7, 11) is 3.49. The first-order chi connectivity index (χ1) is 9.21. The van der Waals surface area contributed by atoms with E-state index in [1.165, 1.54) is 0 Å². The maximum atomic E-state index is 12.0. The Kier molecular flexibility index (Phi) is 5.39. The number of methoxy groups -OCH3 is 1. The smallest absolute Gasteiger partial charge is 0.238 e. The molecule has 0 spiro atoms. The number of amides is 1. The molecular formula is C15H25N3O2. The number of ether oxygens (including phenoxy) is 1. The Morgan fingerprint density at radius 2 is 2.05 bits per heavy atom. The van der Waals surface area contributed by atoms with E-state index in [0.29, 0.717) is 23.7 Å². The van der Waals surface area contributed by atoms with Crippen molar-refractivity contribution in [2.45, 2.75) is 20.8 Å². The number of nitrogen functional groups attached to an aromatic ring is 1. The van der Waals surface area contributed by atoms with Gasteiger partial charge in [0.25, 0.3) is 0 Å². The van der Waals surface area contributed by atoms with Crippen molar-refractivity contribution in [3.8, 4) is 5.75 Å². The molecule has 3 N–H and O–H groups in total. The Morgan fingerprint density at radius 1 is 1.40 bits per heavy atom. The van der Waals surface area contributed by atoms with E-state index < -0.39 is 0 Å². The molecule has 1 amide bonds. The lowest BCUT2D eigenvalue weighted by Gasteiger charge is -2.26. The molecule has 0 heterocycles. The molecule has 0 atom stereocenters. The summed E-state index contributed by atoms with van der Waals surface area (Å²) in [4.78, 5) is 14.0. The van der Waals surface area contributed by atoms with Gasteiger partial charge in [0.15, 0.2) is 0 Å². The third-order valence-electron chi connectivity index (χ3n) is 2.66. The van der Waals surface area contributed by atoms with Crippen molar-refractivity contribution < 1.29 is 9.53 Å². The van der Waals surface area contributed by atoms with Crippen LogP contribution < -0.4 is 15.8 Å². The van der Waals surface area contributed by atoms with Gasteiger partial charge in [-0.05, 0) is 30.7 Å². The van der Waals surface area contributed by atoms with Crippen molar-refractivity contribution in [1.29, 1.82) is 0 Å². The number of likely N-dealkylation sites (N-methyl/N-ethyl adjacent to an activating group) is 1. The third-order valence-corrected chi connectivity index (χ3v) is 2.66. The zero-order valence-corrected chi connectivity index (χ0v) is 13.0. The molecule has 0 saturated carbocycles. The molecule has 0 aliphatic rings. The number of hydrogen-bond donors (Lipinski definition) is 2. The quantitative estimate of drug-likeness (QED) is 0.811. The van der Waals surface area contributed by atoms with E-state index in [-0.39, 0.29) is 11.3 Å². The predicted molar refractivity (Wildman–Crippen MR) is 83.0 cm³/mol. The van der Waals surface area contributed by atoms with Crippen molar-refractivity contribution in [2.75, 3.05) is 38.3 Å². The van der Waals surface area contributed by atoms with Crippen LogP contribution in [0.25, 0.3) is 0 Å². The van der Waals surface area contributed by atoms with E-state index >= 15 is 0 Å². The van der Waals surface area contributed by atoms with Crippen LogP contribution in [0.3, 0.4) is 0 Å². The van der Waals surface area contributed by atoms with Gasteiger partial charge in [0.2, 0.25) is 5.91 Å². The van der Waals surface area contributed by atoms with Crippen LogP contribution in [0.1, 0.15) is 20.8 Å². The standard InChI is InChI=1S/C15H25N3O2/c1-15(2,3)10-18(4)9-14(19)17-12-8-11(16)6-7-13(12)20-5/h6-8H,9-10,16H2,1-5H3,(H,17,19). The van der Waals surface area contributed by atoms with Crippen molar-refractivity contribution in [1.82, 2.24) is 4.90 Å². The van der Waals surface area contributed by atoms with Gasteiger partial charge >= 0.3 is 0 Å². The average molecular weight is 279 g/mol. The van der Waals surface area contributed by atoms with Crippen LogP contribution in [-0.2, 0) is 4.79 Å². The predicted octanol–water partition coefficient (Wildman–Crippen LogP) is 2.19. The molecule has 0 bridgehead atoms. The summed E-state index contributed by atoms with van der Waals surface area (Å²) in [5.41, 5.74) is 7.07. The number of anilines is 2. The Hall–Kier alpha value is -1.75.